The van der Waals surface area contributed by atoms with Gasteiger partial charge in [0.1, 0.15) is 16.6 Å². The number of nitrogens with zero attached hydrogens (tertiary/aromatic N) is 5. The Morgan fingerprint density at radius 2 is 1.90 bits per heavy atom. The number of amides is 1. The number of thiophene rings is 1. The molecule has 0 aliphatic carbocycles. The van der Waals surface area contributed by atoms with Crippen molar-refractivity contribution >= 4 is 73.5 Å². The first-order valence-electron chi connectivity index (χ1n) is 13.2. The number of ether oxygens (including phenoxy) is 1. The Morgan fingerprint density at radius 3 is 2.59 bits per heavy atom. The van der Waals surface area contributed by atoms with Gasteiger partial charge in [-0.05, 0) is 69.2 Å². The van der Waals surface area contributed by atoms with Crippen LogP contribution in [0.1, 0.15) is 27.2 Å². The topological polar surface area (TPSA) is 82.9 Å². The maximum Gasteiger partial charge on any atom is 0.410 e. The summed E-state index contributed by atoms with van der Waals surface area (Å²) in [6.45, 7) is 6.88. The van der Waals surface area contributed by atoms with E-state index >= 15 is 0 Å². The molecule has 5 rings (SSSR count). The predicted octanol–water partition coefficient (Wildman–Crippen LogP) is 6.82. The van der Waals surface area contributed by atoms with Gasteiger partial charge in [-0.15, -0.1) is 11.3 Å². The van der Waals surface area contributed by atoms with E-state index in [2.05, 4.69) is 41.2 Å². The standard InChI is InChI=1S/C29H32ClIN6O3S/c1-29(2,3)40-28(39)34(4)13-6-14-36-23-12-11-20(15-21(23)33-27(36)35(5)31)37-17-32-22-16-24(41-25(22)26(37)38)18-7-9-19(30)10-8-18/h7-12,15-17,27,33H,6,13-14H2,1-5H3. The van der Waals surface area contributed by atoms with Crippen molar-refractivity contribution in [2.24, 2.45) is 0 Å². The highest BCUT2D eigenvalue weighted by atomic mass is 127. The van der Waals surface area contributed by atoms with Crippen LogP contribution < -0.4 is 15.8 Å². The van der Waals surface area contributed by atoms with Gasteiger partial charge >= 0.3 is 6.09 Å². The normalized spacial score (nSPS) is 14.8. The third kappa shape index (κ3) is 6.47. The van der Waals surface area contributed by atoms with E-state index in [0.29, 0.717) is 21.8 Å². The smallest absolute Gasteiger partial charge is 0.410 e. The highest BCUT2D eigenvalue weighted by Gasteiger charge is 2.31. The predicted molar refractivity (Wildman–Crippen MR) is 176 cm³/mol. The average molecular weight is 707 g/mol. The van der Waals surface area contributed by atoms with Crippen LogP contribution in [0.5, 0.6) is 0 Å². The number of benzene rings is 2. The third-order valence-corrected chi connectivity index (χ3v) is 8.59. The number of hydrogen-bond acceptors (Lipinski definition) is 8. The zero-order chi connectivity index (χ0) is 29.5. The molecule has 9 nitrogen and oxygen atoms in total. The summed E-state index contributed by atoms with van der Waals surface area (Å²) in [4.78, 5) is 35.3. The van der Waals surface area contributed by atoms with Crippen molar-refractivity contribution in [1.29, 1.82) is 0 Å². The molecule has 1 aliphatic heterocycles. The fourth-order valence-corrected chi connectivity index (χ4v) is 6.29. The van der Waals surface area contributed by atoms with E-state index in [1.54, 1.807) is 22.8 Å². The molecular formula is C29H32ClIN6O3S. The number of fused-ring (bicyclic) bond motifs is 2. The molecule has 12 heteroatoms. The molecule has 2 aromatic heterocycles. The van der Waals surface area contributed by atoms with Crippen LogP contribution >= 0.6 is 45.8 Å². The molecule has 4 aromatic rings. The number of rotatable bonds is 7. The molecule has 1 amide bonds. The monoisotopic (exact) mass is 706 g/mol. The van der Waals surface area contributed by atoms with Crippen molar-refractivity contribution in [3.63, 3.8) is 0 Å². The van der Waals surface area contributed by atoms with Gasteiger partial charge in [0, 0.05) is 59.9 Å². The van der Waals surface area contributed by atoms with Gasteiger partial charge in [0.05, 0.1) is 22.6 Å². The second-order valence-electron chi connectivity index (χ2n) is 10.9. The van der Waals surface area contributed by atoms with Crippen LogP contribution in [-0.2, 0) is 4.74 Å². The fourth-order valence-electron chi connectivity index (χ4n) is 4.67. The Bertz CT molecular complexity index is 1630. The molecule has 1 unspecified atom stereocenters. The van der Waals surface area contributed by atoms with Crippen molar-refractivity contribution in [2.45, 2.75) is 39.1 Å². The highest BCUT2D eigenvalue weighted by molar-refractivity contribution is 14.1. The molecule has 2 aromatic carbocycles. The van der Waals surface area contributed by atoms with Gasteiger partial charge in [-0.25, -0.2) is 12.9 Å². The van der Waals surface area contributed by atoms with E-state index in [0.717, 1.165) is 40.5 Å². The quantitative estimate of drug-likeness (QED) is 0.167. The SMILES string of the molecule is CN(CCCN1c2ccc(-n3cnc4cc(-c5ccc(Cl)cc5)sc4c3=O)cc2NC1N(C)I)C(=O)OC(C)(C)C. The lowest BCUT2D eigenvalue weighted by molar-refractivity contribution is 0.0297. The van der Waals surface area contributed by atoms with E-state index in [1.807, 2.05) is 76.3 Å². The first-order valence-corrected chi connectivity index (χ1v) is 15.3. The van der Waals surface area contributed by atoms with E-state index in [-0.39, 0.29) is 17.9 Å². The second-order valence-corrected chi connectivity index (χ2v) is 14.0. The first-order chi connectivity index (χ1) is 19.4. The second kappa shape index (κ2) is 11.8. The van der Waals surface area contributed by atoms with Crippen molar-refractivity contribution in [3.8, 4) is 16.1 Å². The minimum atomic E-state index is -0.527. The molecule has 3 heterocycles. The summed E-state index contributed by atoms with van der Waals surface area (Å²) >= 11 is 9.74. The lowest BCUT2D eigenvalue weighted by Crippen LogP contribution is -2.45. The van der Waals surface area contributed by atoms with Crippen LogP contribution in [0, 0.1) is 0 Å². The number of hydrogen-bond donors (Lipinski definition) is 1. The van der Waals surface area contributed by atoms with Gasteiger partial charge in [0.25, 0.3) is 5.56 Å². The Kier molecular flexibility index (Phi) is 8.51. The van der Waals surface area contributed by atoms with Crippen LogP contribution in [0.4, 0.5) is 16.2 Å². The van der Waals surface area contributed by atoms with Crippen molar-refractivity contribution in [1.82, 2.24) is 17.6 Å². The molecule has 0 fully saturated rings. The molecule has 0 saturated carbocycles. The summed E-state index contributed by atoms with van der Waals surface area (Å²) < 4.78 is 9.73. The molecule has 0 bridgehead atoms. The number of halogens is 2. The lowest BCUT2D eigenvalue weighted by atomic mass is 10.2. The fraction of sp³-hybridized carbons (Fsp3) is 0.345. The van der Waals surface area contributed by atoms with Gasteiger partial charge in [0.2, 0.25) is 0 Å². The van der Waals surface area contributed by atoms with E-state index < -0.39 is 5.60 Å². The van der Waals surface area contributed by atoms with Crippen LogP contribution in [0.2, 0.25) is 5.02 Å². The average Bonchev–Trinajstić information content (AvgIpc) is 3.50. The summed E-state index contributed by atoms with van der Waals surface area (Å²) in [6.07, 6.45) is 1.94. The number of carbonyl (C=O) groups excluding carboxylic acids is 1. The van der Waals surface area contributed by atoms with Gasteiger partial charge in [-0.1, -0.05) is 23.7 Å². The summed E-state index contributed by atoms with van der Waals surface area (Å²) in [7, 11) is 3.76. The Hall–Kier alpha value is -2.87. The van der Waals surface area contributed by atoms with E-state index in [9.17, 15) is 9.59 Å². The first kappa shape index (κ1) is 29.6. The van der Waals surface area contributed by atoms with Crippen molar-refractivity contribution in [3.05, 3.63) is 70.2 Å². The minimum absolute atomic E-state index is 0.0794. The Balaban J connectivity index is 1.36. The van der Waals surface area contributed by atoms with Gasteiger partial charge in [-0.2, -0.15) is 0 Å². The van der Waals surface area contributed by atoms with Crippen molar-refractivity contribution in [2.75, 3.05) is 37.4 Å². The lowest BCUT2D eigenvalue weighted by Gasteiger charge is -2.31. The molecule has 216 valence electrons. The van der Waals surface area contributed by atoms with Gasteiger partial charge in [0.15, 0.2) is 6.29 Å². The number of nitrogens with one attached hydrogen (secondary N) is 1. The molecule has 0 saturated heterocycles. The van der Waals surface area contributed by atoms with Gasteiger partial charge in [-0.3, -0.25) is 9.36 Å². The number of carbonyl (C=O) groups is 1. The van der Waals surface area contributed by atoms with Gasteiger partial charge < -0.3 is 19.9 Å². The summed E-state index contributed by atoms with van der Waals surface area (Å²) in [5, 5.41) is 4.24. The maximum absolute atomic E-state index is 13.5. The van der Waals surface area contributed by atoms with Crippen LogP contribution in [0.3, 0.4) is 0 Å². The molecule has 1 aliphatic rings. The highest BCUT2D eigenvalue weighted by Crippen LogP contribution is 2.38. The zero-order valence-corrected chi connectivity index (χ0v) is 27.2. The maximum atomic E-state index is 13.5. The van der Waals surface area contributed by atoms with E-state index in [1.165, 1.54) is 11.3 Å². The number of aromatic nitrogens is 2. The third-order valence-electron chi connectivity index (χ3n) is 6.65. The Morgan fingerprint density at radius 1 is 1.17 bits per heavy atom. The van der Waals surface area contributed by atoms with E-state index in [4.69, 9.17) is 16.3 Å². The summed E-state index contributed by atoms with van der Waals surface area (Å²) in [5.41, 5.74) is 3.73. The van der Waals surface area contributed by atoms with Crippen LogP contribution in [0.25, 0.3) is 26.3 Å². The number of anilines is 2. The minimum Gasteiger partial charge on any atom is -0.444 e. The molecule has 1 N–H and O–H groups in total. The van der Waals surface area contributed by atoms with Crippen LogP contribution in [-0.4, -0.2) is 62.7 Å². The van der Waals surface area contributed by atoms with Crippen LogP contribution in [0.15, 0.2) is 59.7 Å². The molecule has 0 spiro atoms. The summed E-state index contributed by atoms with van der Waals surface area (Å²) in [5.74, 6) is 0. The van der Waals surface area contributed by atoms with Crippen molar-refractivity contribution < 1.29 is 9.53 Å². The molecule has 1 atom stereocenters. The Labute approximate surface area is 262 Å². The molecule has 0 radical (unpaired) electrons. The largest absolute Gasteiger partial charge is 0.444 e. The zero-order valence-electron chi connectivity index (χ0n) is 23.5. The molecule has 41 heavy (non-hydrogen) atoms. The molecular weight excluding hydrogens is 675 g/mol. The summed E-state index contributed by atoms with van der Waals surface area (Å²) in [6, 6.07) is 15.5.